The molecule has 8 aromatic carbocycles. The SMILES string of the molecule is c1ccc(-c2c3ccccc3c(-c3ccc4cc(-c5ccccc5)c5ccccc5c4c3)c3ccccc23)cc1. The molecule has 0 heteroatoms. The highest BCUT2D eigenvalue weighted by Crippen LogP contribution is 2.45. The lowest BCUT2D eigenvalue weighted by Gasteiger charge is -2.18. The van der Waals surface area contributed by atoms with Crippen LogP contribution in [0.4, 0.5) is 0 Å². The van der Waals surface area contributed by atoms with Crippen LogP contribution in [0.25, 0.3) is 76.5 Å². The summed E-state index contributed by atoms with van der Waals surface area (Å²) in [5.41, 5.74) is 7.62. The van der Waals surface area contributed by atoms with Gasteiger partial charge in [0.2, 0.25) is 0 Å². The van der Waals surface area contributed by atoms with E-state index in [9.17, 15) is 0 Å². The van der Waals surface area contributed by atoms with Crippen LogP contribution in [-0.4, -0.2) is 0 Å². The third-order valence-corrected chi connectivity index (χ3v) is 8.23. The lowest BCUT2D eigenvalue weighted by molar-refractivity contribution is 1.65. The van der Waals surface area contributed by atoms with Gasteiger partial charge < -0.3 is 0 Å². The second-order valence-corrected chi connectivity index (χ2v) is 10.5. The van der Waals surface area contributed by atoms with E-state index in [4.69, 9.17) is 0 Å². The molecule has 0 fully saturated rings. The lowest BCUT2D eigenvalue weighted by Crippen LogP contribution is -1.91. The van der Waals surface area contributed by atoms with Crippen LogP contribution in [0.2, 0.25) is 0 Å². The van der Waals surface area contributed by atoms with Gasteiger partial charge in [0.25, 0.3) is 0 Å². The van der Waals surface area contributed by atoms with Gasteiger partial charge in [0.1, 0.15) is 0 Å². The highest BCUT2D eigenvalue weighted by atomic mass is 14.2. The maximum atomic E-state index is 2.41. The van der Waals surface area contributed by atoms with Gasteiger partial charge >= 0.3 is 0 Å². The van der Waals surface area contributed by atoms with Gasteiger partial charge in [-0.05, 0) is 88.6 Å². The van der Waals surface area contributed by atoms with Crippen molar-refractivity contribution in [1.29, 1.82) is 0 Å². The topological polar surface area (TPSA) is 0 Å². The van der Waals surface area contributed by atoms with E-state index in [1.54, 1.807) is 0 Å². The predicted octanol–water partition coefficient (Wildman–Crippen LogP) is 11.3. The molecule has 0 saturated carbocycles. The molecule has 0 heterocycles. The first-order valence-corrected chi connectivity index (χ1v) is 13.9. The Balaban J connectivity index is 1.46. The Hall–Kier alpha value is -5.20. The van der Waals surface area contributed by atoms with Crippen molar-refractivity contribution in [3.05, 3.63) is 158 Å². The second-order valence-electron chi connectivity index (χ2n) is 10.5. The molecule has 0 atom stereocenters. The molecule has 0 amide bonds. The molecule has 0 aliphatic rings. The van der Waals surface area contributed by atoms with E-state index < -0.39 is 0 Å². The van der Waals surface area contributed by atoms with Gasteiger partial charge in [-0.15, -0.1) is 0 Å². The summed E-state index contributed by atoms with van der Waals surface area (Å²) in [5.74, 6) is 0. The molecule has 0 unspecified atom stereocenters. The van der Waals surface area contributed by atoms with Crippen molar-refractivity contribution in [3.8, 4) is 33.4 Å². The van der Waals surface area contributed by atoms with E-state index in [0.717, 1.165) is 0 Å². The summed E-state index contributed by atoms with van der Waals surface area (Å²) in [5, 5.41) is 10.2. The summed E-state index contributed by atoms with van der Waals surface area (Å²) in [6.07, 6.45) is 0. The molecule has 8 aromatic rings. The third kappa shape index (κ3) is 3.54. The van der Waals surface area contributed by atoms with Crippen molar-refractivity contribution in [3.63, 3.8) is 0 Å². The van der Waals surface area contributed by atoms with Gasteiger partial charge in [0, 0.05) is 0 Å². The van der Waals surface area contributed by atoms with Crippen molar-refractivity contribution in [2.24, 2.45) is 0 Å². The van der Waals surface area contributed by atoms with Gasteiger partial charge in [-0.3, -0.25) is 0 Å². The normalized spacial score (nSPS) is 11.5. The first-order chi connectivity index (χ1) is 19.9. The lowest BCUT2D eigenvalue weighted by atomic mass is 9.85. The van der Waals surface area contributed by atoms with Gasteiger partial charge in [0.15, 0.2) is 0 Å². The molecule has 186 valence electrons. The minimum atomic E-state index is 1.25. The first kappa shape index (κ1) is 22.8. The molecule has 0 spiro atoms. The summed E-state index contributed by atoms with van der Waals surface area (Å²) in [6.45, 7) is 0. The number of rotatable bonds is 3. The first-order valence-electron chi connectivity index (χ1n) is 13.9. The quantitative estimate of drug-likeness (QED) is 0.165. The third-order valence-electron chi connectivity index (χ3n) is 8.23. The van der Waals surface area contributed by atoms with Crippen molar-refractivity contribution in [2.45, 2.75) is 0 Å². The summed E-state index contributed by atoms with van der Waals surface area (Å²) in [7, 11) is 0. The van der Waals surface area contributed by atoms with Crippen LogP contribution in [0.3, 0.4) is 0 Å². The number of fused-ring (bicyclic) bond motifs is 5. The summed E-state index contributed by atoms with van der Waals surface area (Å²) in [6, 6.07) is 57.5. The van der Waals surface area contributed by atoms with Crippen LogP contribution in [0.1, 0.15) is 0 Å². The Bertz CT molecular complexity index is 2130. The highest BCUT2D eigenvalue weighted by Gasteiger charge is 2.17. The fourth-order valence-electron chi connectivity index (χ4n) is 6.47. The van der Waals surface area contributed by atoms with Gasteiger partial charge in [-0.25, -0.2) is 0 Å². The van der Waals surface area contributed by atoms with E-state index in [-0.39, 0.29) is 0 Å². The molecule has 0 bridgehead atoms. The van der Waals surface area contributed by atoms with Crippen molar-refractivity contribution in [1.82, 2.24) is 0 Å². The predicted molar refractivity (Wildman–Crippen MR) is 173 cm³/mol. The molecule has 0 aliphatic heterocycles. The minimum Gasteiger partial charge on any atom is -0.0622 e. The van der Waals surface area contributed by atoms with Crippen LogP contribution in [0.15, 0.2) is 158 Å². The van der Waals surface area contributed by atoms with Crippen molar-refractivity contribution in [2.75, 3.05) is 0 Å². The molecule has 0 saturated heterocycles. The van der Waals surface area contributed by atoms with Crippen LogP contribution < -0.4 is 0 Å². The van der Waals surface area contributed by atoms with Crippen molar-refractivity contribution >= 4 is 43.1 Å². The molecule has 0 N–H and O–H groups in total. The maximum Gasteiger partial charge on any atom is -0.00261 e. The van der Waals surface area contributed by atoms with Gasteiger partial charge in [0.05, 0.1) is 0 Å². The second kappa shape index (κ2) is 9.22. The summed E-state index contributed by atoms with van der Waals surface area (Å²) >= 11 is 0. The monoisotopic (exact) mass is 506 g/mol. The van der Waals surface area contributed by atoms with E-state index in [1.807, 2.05) is 0 Å². The van der Waals surface area contributed by atoms with E-state index in [2.05, 4.69) is 158 Å². The van der Waals surface area contributed by atoms with Gasteiger partial charge in [-0.1, -0.05) is 146 Å². The zero-order valence-electron chi connectivity index (χ0n) is 22.0. The molecule has 8 rings (SSSR count). The zero-order valence-corrected chi connectivity index (χ0v) is 22.0. The number of hydrogen-bond donors (Lipinski definition) is 0. The molecule has 40 heavy (non-hydrogen) atoms. The van der Waals surface area contributed by atoms with Crippen molar-refractivity contribution < 1.29 is 0 Å². The average molecular weight is 507 g/mol. The zero-order chi connectivity index (χ0) is 26.5. The Morgan fingerprint density at radius 3 is 1.27 bits per heavy atom. The Morgan fingerprint density at radius 1 is 0.250 bits per heavy atom. The molecule has 0 radical (unpaired) electrons. The molecule has 0 nitrogen and oxygen atoms in total. The fourth-order valence-corrected chi connectivity index (χ4v) is 6.47. The van der Waals surface area contributed by atoms with Crippen LogP contribution in [0, 0.1) is 0 Å². The smallest absolute Gasteiger partial charge is 0.00261 e. The maximum absolute atomic E-state index is 2.41. The standard InChI is InChI=1S/C40H26/c1-3-13-27(14-4-1)37-25-29-23-24-30(26-38(29)32-18-8-7-17-31(32)37)40-35-21-11-9-19-33(35)39(28-15-5-2-6-16-28)34-20-10-12-22-36(34)40/h1-26H. The molecular formula is C40H26. The van der Waals surface area contributed by atoms with Crippen LogP contribution >= 0.6 is 0 Å². The molecular weight excluding hydrogens is 480 g/mol. The summed E-state index contributed by atoms with van der Waals surface area (Å²) in [4.78, 5) is 0. The van der Waals surface area contributed by atoms with Crippen LogP contribution in [0.5, 0.6) is 0 Å². The molecule has 0 aliphatic carbocycles. The number of hydrogen-bond acceptors (Lipinski definition) is 0. The average Bonchev–Trinajstić information content (AvgIpc) is 3.04. The Labute approximate surface area is 233 Å². The van der Waals surface area contributed by atoms with Crippen LogP contribution in [-0.2, 0) is 0 Å². The van der Waals surface area contributed by atoms with E-state index in [0.29, 0.717) is 0 Å². The van der Waals surface area contributed by atoms with E-state index >= 15 is 0 Å². The highest BCUT2D eigenvalue weighted by molar-refractivity contribution is 6.22. The Morgan fingerprint density at radius 2 is 0.700 bits per heavy atom. The van der Waals surface area contributed by atoms with E-state index in [1.165, 1.54) is 76.5 Å². The minimum absolute atomic E-state index is 1.25. The van der Waals surface area contributed by atoms with Gasteiger partial charge in [-0.2, -0.15) is 0 Å². The number of benzene rings is 8. The summed E-state index contributed by atoms with van der Waals surface area (Å²) < 4.78 is 0. The fraction of sp³-hybridized carbons (Fsp3) is 0. The molecule has 0 aromatic heterocycles. The largest absolute Gasteiger partial charge is 0.0622 e. The Kier molecular flexibility index (Phi) is 5.24.